The summed E-state index contributed by atoms with van der Waals surface area (Å²) in [5.74, 6) is 2.86. The lowest BCUT2D eigenvalue weighted by molar-refractivity contribution is 0.0640. The lowest BCUT2D eigenvalue weighted by Crippen LogP contribution is -2.31. The summed E-state index contributed by atoms with van der Waals surface area (Å²) in [6.45, 7) is 21.2. The van der Waals surface area contributed by atoms with Crippen LogP contribution in [0.3, 0.4) is 0 Å². The molecule has 5 nitrogen and oxygen atoms in total. The number of carbonyl (C=O) groups excluding carboxylic acids is 2. The maximum Gasteiger partial charge on any atom is 0.297 e. The standard InChI is InChI=1S/C72H87NO4S4/c1-10-18-21-22-29-42-73-69(74)62-61-63(77-64(62)70(73)75)67(81-68(61)71(9,40-13-4)49-32-25-23-26-33-49)57-45-53-60(56-39-37-52(78-56)44-48(16-7)31-20-12-3)66-54(46-58(80-66)72(17-8,41-14-5)50-34-27-24-28-35-50)59(65(53)79-57)55-38-36-51(76-55)43-47(15-6)30-19-11-2/h23-28,32-39,45-48H,10-22,29-31,40-44H2,1-9H3/t47?,48?,71-,72?/m0/s1. The molecule has 10 rings (SSSR count). The van der Waals surface area contributed by atoms with Gasteiger partial charge in [-0.2, -0.15) is 0 Å². The number of amides is 2. The second kappa shape index (κ2) is 26.2. The minimum Gasteiger partial charge on any atom is -0.461 e. The number of unbranched alkanes of at least 4 members (excludes halogenated alkanes) is 6. The van der Waals surface area contributed by atoms with Crippen LogP contribution in [0.5, 0.6) is 0 Å². The molecule has 3 aromatic carbocycles. The molecule has 4 atom stereocenters. The van der Waals surface area contributed by atoms with Crippen LogP contribution in [0.2, 0.25) is 0 Å². The van der Waals surface area contributed by atoms with E-state index in [0.717, 1.165) is 121 Å². The van der Waals surface area contributed by atoms with Crippen LogP contribution in [-0.4, -0.2) is 23.3 Å². The molecule has 3 unspecified atom stereocenters. The molecule has 0 fully saturated rings. The molecule has 1 aliphatic rings. The minimum atomic E-state index is -0.459. The predicted octanol–water partition coefficient (Wildman–Crippen LogP) is 23.3. The van der Waals surface area contributed by atoms with Crippen LogP contribution in [0.4, 0.5) is 0 Å². The van der Waals surface area contributed by atoms with E-state index in [2.05, 4.69) is 159 Å². The first-order chi connectivity index (χ1) is 39.5. The number of hydrogen-bond acceptors (Lipinski definition) is 8. The van der Waals surface area contributed by atoms with Crippen molar-refractivity contribution < 1.29 is 18.4 Å². The molecule has 9 aromatic rings. The Hall–Kier alpha value is -5.06. The fraction of sp³-hybridized carbons (Fsp3) is 0.472. The number of fused-ring (bicyclic) bond motifs is 5. The molecule has 1 aliphatic heterocycles. The van der Waals surface area contributed by atoms with E-state index in [0.29, 0.717) is 29.5 Å². The maximum atomic E-state index is 14.9. The molecule has 0 saturated heterocycles. The molecular weight excluding hydrogens is 1070 g/mol. The highest BCUT2D eigenvalue weighted by Gasteiger charge is 2.46. The molecule has 9 heteroatoms. The lowest BCUT2D eigenvalue weighted by Gasteiger charge is -2.32. The van der Waals surface area contributed by atoms with E-state index in [1.165, 1.54) is 101 Å². The Morgan fingerprint density at radius 1 is 0.556 bits per heavy atom. The van der Waals surface area contributed by atoms with Crippen molar-refractivity contribution in [2.24, 2.45) is 11.8 Å². The Morgan fingerprint density at radius 3 is 1.88 bits per heavy atom. The van der Waals surface area contributed by atoms with Gasteiger partial charge in [0, 0.05) is 84.9 Å². The van der Waals surface area contributed by atoms with E-state index >= 15 is 0 Å². The highest BCUT2D eigenvalue weighted by atomic mass is 32.1. The second-order valence-electron chi connectivity index (χ2n) is 23.7. The number of thiophene rings is 4. The molecule has 0 N–H and O–H groups in total. The molecule has 0 aliphatic carbocycles. The van der Waals surface area contributed by atoms with Crippen molar-refractivity contribution >= 4 is 88.3 Å². The summed E-state index contributed by atoms with van der Waals surface area (Å²) < 4.78 is 16.8. The lowest BCUT2D eigenvalue weighted by atomic mass is 9.73. The fourth-order valence-corrected chi connectivity index (χ4v) is 19.0. The number of nitrogens with zero attached hydrogens (tertiary/aromatic N) is 1. The van der Waals surface area contributed by atoms with Gasteiger partial charge in [0.1, 0.15) is 17.1 Å². The van der Waals surface area contributed by atoms with Crippen LogP contribution in [0.1, 0.15) is 230 Å². The molecule has 7 heterocycles. The Balaban J connectivity index is 1.25. The van der Waals surface area contributed by atoms with Crippen molar-refractivity contribution in [3.05, 3.63) is 140 Å². The summed E-state index contributed by atoms with van der Waals surface area (Å²) in [7, 11) is 0. The molecular formula is C72H87NO4S4. The van der Waals surface area contributed by atoms with E-state index in [1.807, 2.05) is 34.0 Å². The summed E-state index contributed by atoms with van der Waals surface area (Å²) in [6.07, 6.45) is 21.8. The van der Waals surface area contributed by atoms with Crippen molar-refractivity contribution in [2.75, 3.05) is 6.54 Å². The number of furan rings is 2. The average Bonchev–Trinajstić information content (AvgIpc) is 4.56. The fourth-order valence-electron chi connectivity index (χ4n) is 13.5. The summed E-state index contributed by atoms with van der Waals surface area (Å²) in [5.41, 5.74) is 5.51. The van der Waals surface area contributed by atoms with E-state index in [4.69, 9.17) is 8.83 Å². The SMILES string of the molecule is CCCCCCCN1C(=O)c2oc3c(-c4cc5c(-c6ccc(CC(CC)CCCC)s6)c6sc(C(CC)(CCC)c7ccccc7)cc6c(-c6ccc(CC(CC)CCCC)o6)c5s4)sc([C@@](C)(CCC)c4ccccc4)c3c2C1=O. The number of carbonyl (C=O) groups is 2. The zero-order valence-corrected chi connectivity index (χ0v) is 53.2. The van der Waals surface area contributed by atoms with Crippen molar-refractivity contribution in [3.63, 3.8) is 0 Å². The van der Waals surface area contributed by atoms with Crippen molar-refractivity contribution in [2.45, 2.75) is 202 Å². The topological polar surface area (TPSA) is 63.7 Å². The second-order valence-corrected chi connectivity index (χ2v) is 28.0. The third-order valence-corrected chi connectivity index (χ3v) is 23.5. The summed E-state index contributed by atoms with van der Waals surface area (Å²) in [5, 5.41) is 3.28. The van der Waals surface area contributed by atoms with Gasteiger partial charge in [-0.25, -0.2) is 0 Å². The monoisotopic (exact) mass is 1160 g/mol. The molecule has 81 heavy (non-hydrogen) atoms. The number of rotatable bonds is 30. The van der Waals surface area contributed by atoms with Crippen molar-refractivity contribution in [1.29, 1.82) is 0 Å². The Morgan fingerprint density at radius 2 is 1.21 bits per heavy atom. The zero-order valence-electron chi connectivity index (χ0n) is 50.0. The Bertz CT molecular complexity index is 3450. The van der Waals surface area contributed by atoms with Crippen LogP contribution in [0.25, 0.3) is 62.7 Å². The van der Waals surface area contributed by atoms with Gasteiger partial charge in [-0.3, -0.25) is 14.5 Å². The van der Waals surface area contributed by atoms with Crippen LogP contribution >= 0.6 is 45.3 Å². The van der Waals surface area contributed by atoms with Crippen LogP contribution in [0, 0.1) is 11.8 Å². The summed E-state index contributed by atoms with van der Waals surface area (Å²) in [4.78, 5) is 38.3. The summed E-state index contributed by atoms with van der Waals surface area (Å²) in [6, 6.07) is 36.4. The highest BCUT2D eigenvalue weighted by molar-refractivity contribution is 7.28. The Kier molecular flexibility index (Phi) is 19.2. The zero-order chi connectivity index (χ0) is 56.8. The van der Waals surface area contributed by atoms with Gasteiger partial charge in [0.2, 0.25) is 5.76 Å². The van der Waals surface area contributed by atoms with E-state index < -0.39 is 5.41 Å². The maximum absolute atomic E-state index is 14.9. The number of benzene rings is 3. The molecule has 0 radical (unpaired) electrons. The van der Waals surface area contributed by atoms with Gasteiger partial charge in [-0.05, 0) is 91.5 Å². The summed E-state index contributed by atoms with van der Waals surface area (Å²) >= 11 is 7.56. The third-order valence-electron chi connectivity index (χ3n) is 18.2. The quantitative estimate of drug-likeness (QED) is 0.0332. The van der Waals surface area contributed by atoms with Gasteiger partial charge in [0.05, 0.1) is 4.88 Å². The van der Waals surface area contributed by atoms with Gasteiger partial charge in [-0.15, -0.1) is 45.3 Å². The largest absolute Gasteiger partial charge is 0.461 e. The molecule has 2 amide bonds. The van der Waals surface area contributed by atoms with Gasteiger partial charge in [0.25, 0.3) is 11.8 Å². The van der Waals surface area contributed by atoms with E-state index in [-0.39, 0.29) is 23.0 Å². The van der Waals surface area contributed by atoms with E-state index in [9.17, 15) is 9.59 Å². The smallest absolute Gasteiger partial charge is 0.297 e. The first-order valence-corrected chi connectivity index (χ1v) is 34.6. The van der Waals surface area contributed by atoms with Crippen LogP contribution in [-0.2, 0) is 23.7 Å². The van der Waals surface area contributed by atoms with E-state index in [1.54, 1.807) is 11.3 Å². The van der Waals surface area contributed by atoms with Crippen molar-refractivity contribution in [1.82, 2.24) is 4.90 Å². The predicted molar refractivity (Wildman–Crippen MR) is 350 cm³/mol. The highest BCUT2D eigenvalue weighted by Crippen LogP contribution is 2.58. The van der Waals surface area contributed by atoms with Gasteiger partial charge in [-0.1, -0.05) is 213 Å². The first-order valence-electron chi connectivity index (χ1n) is 31.3. The number of imide groups is 1. The van der Waals surface area contributed by atoms with Crippen LogP contribution in [0.15, 0.2) is 106 Å². The Labute approximate surface area is 499 Å². The molecule has 6 aromatic heterocycles. The number of hydrogen-bond donors (Lipinski definition) is 0. The molecule has 0 saturated carbocycles. The first kappa shape index (κ1) is 59.1. The molecule has 0 spiro atoms. The van der Waals surface area contributed by atoms with Gasteiger partial charge in [0.15, 0.2) is 5.58 Å². The average molecular weight is 1160 g/mol. The third kappa shape index (κ3) is 11.4. The van der Waals surface area contributed by atoms with Crippen LogP contribution < -0.4 is 0 Å². The normalized spacial score (nSPS) is 15.1. The van der Waals surface area contributed by atoms with Gasteiger partial charge < -0.3 is 8.83 Å². The van der Waals surface area contributed by atoms with Gasteiger partial charge >= 0.3 is 0 Å². The molecule has 0 bridgehead atoms. The minimum absolute atomic E-state index is 0.162. The molecule has 428 valence electrons. The van der Waals surface area contributed by atoms with Crippen molar-refractivity contribution in [3.8, 4) is 31.5 Å².